The van der Waals surface area contributed by atoms with Crippen molar-refractivity contribution in [2.75, 3.05) is 82.1 Å². The van der Waals surface area contributed by atoms with Crippen LogP contribution in [0.4, 0.5) is 0 Å². The number of carbonyl (C=O) groups is 12. The van der Waals surface area contributed by atoms with Gasteiger partial charge in [-0.15, -0.1) is 0 Å². The number of likely N-dealkylation sites (N-methyl/N-ethyl adjacent to an activating group) is 6. The highest BCUT2D eigenvalue weighted by Crippen LogP contribution is 2.29. The van der Waals surface area contributed by atoms with E-state index in [4.69, 9.17) is 4.74 Å². The Labute approximate surface area is 611 Å². The van der Waals surface area contributed by atoms with Crippen LogP contribution in [0.15, 0.2) is 48.5 Å². The molecule has 11 atom stereocenters. The van der Waals surface area contributed by atoms with E-state index in [0.29, 0.717) is 56.3 Å². The first kappa shape index (κ1) is 87.0. The number of nitrogens with zero attached hydrogens (tertiary/aromatic N) is 8. The highest BCUT2D eigenvalue weighted by molar-refractivity contribution is 6.00. The van der Waals surface area contributed by atoms with Gasteiger partial charge in [-0.05, 0) is 111 Å². The average Bonchev–Trinajstić information content (AvgIpc) is 0.800. The number of carbonyl (C=O) groups excluding carboxylic acids is 12. The fourth-order valence-electron chi connectivity index (χ4n) is 13.0. The summed E-state index contributed by atoms with van der Waals surface area (Å²) in [5, 5.41) is 33.5. The van der Waals surface area contributed by atoms with E-state index >= 15 is 33.6 Å². The zero-order chi connectivity index (χ0) is 77.4. The van der Waals surface area contributed by atoms with Gasteiger partial charge in [-0.3, -0.25) is 57.5 Å². The monoisotopic (exact) mass is 1440 g/mol. The molecule has 2 saturated heterocycles. The van der Waals surface area contributed by atoms with Gasteiger partial charge < -0.3 is 75.4 Å². The molecule has 0 aliphatic carbocycles. The standard InChI is InChI=1S/C76H122N12O15/c1-20-22-33-88-45-65(93)83(15)60(41-52-29-25-23-26-30-52)74(100)85(17)58(38-48(7)8)69(95)77-54(40-53-31-32-61(90)62(42-53)103-19)72(98)84(16)57(37-47(5)6)68(94)78-55(73(99)87-34-27-24-28-35-87)43-63(91)81(13)44-64(92)82(14)56(36-46(3)4)70(96)79-66(50(11)21-2)75(101)86(18)59(39-49(9)10)71(97)80-67(51(12)89)76(88)102/h23,25-26,29-32,42,46-51,54-60,66-67,89-90H,20-22,24,27-28,33-41,43-45H2,1-19H3,(H,77,95)(H,78,94)(H,79,96)(H,80,97)/t50-,51+,54-,55-,56-,57-,58-,59-,60-,66-,67-/m0/s1. The third-order valence-corrected chi connectivity index (χ3v) is 19.7. The lowest BCUT2D eigenvalue weighted by Gasteiger charge is -2.38. The maximum Gasteiger partial charge on any atom is 0.248 e. The van der Waals surface area contributed by atoms with Crippen LogP contribution in [0.5, 0.6) is 11.5 Å². The van der Waals surface area contributed by atoms with Crippen LogP contribution in [0.1, 0.15) is 165 Å². The van der Waals surface area contributed by atoms with Crippen molar-refractivity contribution in [3.8, 4) is 11.5 Å². The smallest absolute Gasteiger partial charge is 0.248 e. The Morgan fingerprint density at radius 2 is 1.00 bits per heavy atom. The number of unbranched alkanes of at least 4 members (excludes halogenated alkanes) is 1. The normalized spacial score (nSPS) is 24.2. The Hall–Kier alpha value is -8.36. The highest BCUT2D eigenvalue weighted by Gasteiger charge is 2.44. The molecule has 103 heavy (non-hydrogen) atoms. The minimum Gasteiger partial charge on any atom is -0.504 e. The molecule has 2 aromatic carbocycles. The lowest BCUT2D eigenvalue weighted by molar-refractivity contribution is -0.151. The van der Waals surface area contributed by atoms with Crippen molar-refractivity contribution >= 4 is 70.9 Å². The number of phenols is 1. The van der Waals surface area contributed by atoms with Gasteiger partial charge >= 0.3 is 0 Å². The van der Waals surface area contributed by atoms with E-state index in [9.17, 15) is 34.2 Å². The lowest BCUT2D eigenvalue weighted by Crippen LogP contribution is -2.62. The number of methoxy groups -OCH3 is 1. The fourth-order valence-corrected chi connectivity index (χ4v) is 13.0. The lowest BCUT2D eigenvalue weighted by atomic mass is 9.94. The first-order valence-electron chi connectivity index (χ1n) is 36.8. The molecule has 0 bridgehead atoms. The van der Waals surface area contributed by atoms with Crippen LogP contribution in [-0.2, 0) is 70.4 Å². The Balaban J connectivity index is 2.02. The summed E-state index contributed by atoms with van der Waals surface area (Å²) >= 11 is 0. The topological polar surface area (TPSA) is 329 Å². The van der Waals surface area contributed by atoms with E-state index in [2.05, 4.69) is 21.3 Å². The van der Waals surface area contributed by atoms with Gasteiger partial charge in [0.15, 0.2) is 11.5 Å². The third-order valence-electron chi connectivity index (χ3n) is 19.7. The number of phenolic OH excluding ortho intramolecular Hbond substituents is 1. The molecule has 27 nitrogen and oxygen atoms in total. The summed E-state index contributed by atoms with van der Waals surface area (Å²) in [6, 6.07) is 0.890. The van der Waals surface area contributed by atoms with Gasteiger partial charge in [0.1, 0.15) is 54.4 Å². The first-order chi connectivity index (χ1) is 48.4. The van der Waals surface area contributed by atoms with E-state index in [0.717, 1.165) is 11.3 Å². The number of rotatable bonds is 20. The molecule has 576 valence electrons. The first-order valence-corrected chi connectivity index (χ1v) is 36.8. The zero-order valence-electron chi connectivity index (χ0n) is 64.8. The van der Waals surface area contributed by atoms with Gasteiger partial charge in [0.25, 0.3) is 0 Å². The van der Waals surface area contributed by atoms with Gasteiger partial charge in [0, 0.05) is 74.8 Å². The summed E-state index contributed by atoms with van der Waals surface area (Å²) < 4.78 is 5.44. The van der Waals surface area contributed by atoms with Crippen LogP contribution in [-0.4, -0.2) is 263 Å². The minimum atomic E-state index is -1.66. The number of nitrogens with one attached hydrogen (secondary N) is 4. The number of amides is 12. The molecular formula is C76H122N12O15. The molecule has 0 unspecified atom stereocenters. The largest absolute Gasteiger partial charge is 0.504 e. The quantitative estimate of drug-likeness (QED) is 0.107. The van der Waals surface area contributed by atoms with Crippen LogP contribution in [0.2, 0.25) is 0 Å². The summed E-state index contributed by atoms with van der Waals surface area (Å²) in [7, 11) is 9.75. The third kappa shape index (κ3) is 25.2. The van der Waals surface area contributed by atoms with Crippen molar-refractivity contribution in [1.82, 2.24) is 60.5 Å². The molecule has 27 heteroatoms. The minimum absolute atomic E-state index is 0.0207. The van der Waals surface area contributed by atoms with Gasteiger partial charge in [-0.25, -0.2) is 0 Å². The summed E-state index contributed by atoms with van der Waals surface area (Å²) in [6.45, 7) is 21.0. The van der Waals surface area contributed by atoms with Crippen LogP contribution in [0, 0.1) is 29.6 Å². The Morgan fingerprint density at radius 1 is 0.524 bits per heavy atom. The number of piperidine rings is 1. The number of hydrogen-bond donors (Lipinski definition) is 6. The average molecular weight is 1440 g/mol. The Bertz CT molecular complexity index is 3200. The van der Waals surface area contributed by atoms with E-state index in [1.807, 2.05) is 69.2 Å². The number of aliphatic hydroxyl groups excluding tert-OH is 1. The van der Waals surface area contributed by atoms with E-state index in [-0.39, 0.29) is 80.2 Å². The second-order valence-corrected chi connectivity index (χ2v) is 30.0. The SMILES string of the molecule is CCCCN1CC(=O)N(C)[C@@H](Cc2ccccc2)C(=O)N(C)[C@@H](CC(C)C)C(=O)N[C@@H](Cc2ccc(O)c(OC)c2)C(=O)N(C)[C@@H](CC(C)C)C(=O)N[C@H](C(=O)N2CCCCC2)CC(=O)N(C)CC(=O)N(C)[C@@H](CC(C)C)C(=O)N[C@@H]([C@@H](C)CC)C(=O)N(C)[C@@H](CC(C)C)C(=O)N[C@@H]([C@@H](C)O)C1=O. The molecule has 4 rings (SSSR count). The molecule has 2 fully saturated rings. The number of aliphatic hydroxyl groups is 1. The van der Waals surface area contributed by atoms with Crippen molar-refractivity contribution in [2.24, 2.45) is 29.6 Å². The molecule has 0 radical (unpaired) electrons. The van der Waals surface area contributed by atoms with Crippen molar-refractivity contribution in [1.29, 1.82) is 0 Å². The predicted molar refractivity (Wildman–Crippen MR) is 392 cm³/mol. The van der Waals surface area contributed by atoms with Crippen LogP contribution >= 0.6 is 0 Å². The highest BCUT2D eigenvalue weighted by atomic mass is 16.5. The van der Waals surface area contributed by atoms with E-state index in [1.165, 1.54) is 104 Å². The molecule has 6 N–H and O–H groups in total. The molecule has 2 heterocycles. The van der Waals surface area contributed by atoms with Crippen LogP contribution < -0.4 is 26.0 Å². The summed E-state index contributed by atoms with van der Waals surface area (Å²) in [5.41, 5.74) is 1.05. The molecular weight excluding hydrogens is 1320 g/mol. The van der Waals surface area contributed by atoms with Gasteiger partial charge in [0.2, 0.25) is 70.9 Å². The molecule has 0 saturated carbocycles. The fraction of sp³-hybridized carbons (Fsp3) is 0.684. The number of benzene rings is 2. The molecule has 2 aromatic rings. The van der Waals surface area contributed by atoms with Crippen molar-refractivity contribution < 1.29 is 72.5 Å². The summed E-state index contributed by atoms with van der Waals surface area (Å²) in [6.07, 6.45) is 1.25. The van der Waals surface area contributed by atoms with E-state index < -0.39 is 157 Å². The molecule has 2 aliphatic heterocycles. The van der Waals surface area contributed by atoms with Crippen molar-refractivity contribution in [2.45, 2.75) is 227 Å². The van der Waals surface area contributed by atoms with Crippen molar-refractivity contribution in [3.63, 3.8) is 0 Å². The second kappa shape index (κ2) is 41.2. The van der Waals surface area contributed by atoms with Gasteiger partial charge in [0.05, 0.1) is 32.7 Å². The molecule has 0 aromatic heterocycles. The van der Waals surface area contributed by atoms with Gasteiger partial charge in [-0.2, -0.15) is 0 Å². The number of ether oxygens (including phenoxy) is 1. The Kier molecular flexibility index (Phi) is 34.8. The summed E-state index contributed by atoms with van der Waals surface area (Å²) in [4.78, 5) is 191. The second-order valence-electron chi connectivity index (χ2n) is 30.0. The van der Waals surface area contributed by atoms with E-state index in [1.54, 1.807) is 42.2 Å². The van der Waals surface area contributed by atoms with Crippen LogP contribution in [0.3, 0.4) is 0 Å². The molecule has 2 aliphatic rings. The molecule has 0 spiro atoms. The van der Waals surface area contributed by atoms with Gasteiger partial charge in [-0.1, -0.05) is 125 Å². The zero-order valence-corrected chi connectivity index (χ0v) is 64.8. The maximum absolute atomic E-state index is 15.6. The number of hydrogen-bond acceptors (Lipinski definition) is 15. The molecule has 12 amide bonds. The Morgan fingerprint density at radius 3 is 1.50 bits per heavy atom. The summed E-state index contributed by atoms with van der Waals surface area (Å²) in [5.74, 6) is -10.3. The maximum atomic E-state index is 15.6. The number of aromatic hydroxyl groups is 1. The van der Waals surface area contributed by atoms with Crippen molar-refractivity contribution in [3.05, 3.63) is 59.7 Å². The van der Waals surface area contributed by atoms with Crippen LogP contribution in [0.25, 0.3) is 0 Å². The predicted octanol–water partition coefficient (Wildman–Crippen LogP) is 4.37. The number of likely N-dealkylation sites (tertiary alicyclic amines) is 1.